The highest BCUT2D eigenvalue weighted by Gasteiger charge is 2.43. The van der Waals surface area contributed by atoms with Crippen LogP contribution in [0.15, 0.2) is 42.5 Å². The Hall–Kier alpha value is -3.42. The lowest BCUT2D eigenvalue weighted by Crippen LogP contribution is -2.40. The molecule has 0 saturated carbocycles. The number of carbonyl (C=O) groups excluding carboxylic acids is 3. The second-order valence-corrected chi connectivity index (χ2v) is 5.73. The topological polar surface area (TPSA) is 108 Å². The number of hydrogen-bond donors (Lipinski definition) is 4. The number of benzene rings is 2. The van der Waals surface area contributed by atoms with Gasteiger partial charge in [-0.3, -0.25) is 14.9 Å². The van der Waals surface area contributed by atoms with Gasteiger partial charge in [-0.25, -0.2) is 9.18 Å². The SMILES string of the molecule is CC1(c2cccc(NC(=O)c3ccc(O)cc3F)c2)NC(=O)NC1=O. The average Bonchev–Trinajstić information content (AvgIpc) is 2.81. The van der Waals surface area contributed by atoms with Crippen LogP contribution in [0.3, 0.4) is 0 Å². The van der Waals surface area contributed by atoms with E-state index in [-0.39, 0.29) is 11.3 Å². The first-order valence-corrected chi connectivity index (χ1v) is 7.33. The first-order valence-electron chi connectivity index (χ1n) is 7.33. The number of nitrogens with one attached hydrogen (secondary N) is 3. The lowest BCUT2D eigenvalue weighted by atomic mass is 9.92. The van der Waals surface area contributed by atoms with Crippen LogP contribution in [0, 0.1) is 5.82 Å². The van der Waals surface area contributed by atoms with Gasteiger partial charge in [0.25, 0.3) is 11.8 Å². The molecule has 3 rings (SSSR count). The van der Waals surface area contributed by atoms with Crippen molar-refractivity contribution in [3.8, 4) is 5.75 Å². The highest BCUT2D eigenvalue weighted by Crippen LogP contribution is 2.27. The molecule has 4 amide bonds. The Bertz CT molecular complexity index is 899. The van der Waals surface area contributed by atoms with E-state index < -0.39 is 29.2 Å². The Morgan fingerprint density at radius 2 is 1.96 bits per heavy atom. The maximum Gasteiger partial charge on any atom is 0.322 e. The third kappa shape index (κ3) is 3.01. The monoisotopic (exact) mass is 343 g/mol. The van der Waals surface area contributed by atoms with E-state index >= 15 is 0 Å². The second kappa shape index (κ2) is 5.90. The van der Waals surface area contributed by atoms with Gasteiger partial charge in [-0.1, -0.05) is 12.1 Å². The zero-order chi connectivity index (χ0) is 18.2. The van der Waals surface area contributed by atoms with Crippen LogP contribution in [-0.4, -0.2) is 23.0 Å². The van der Waals surface area contributed by atoms with Gasteiger partial charge in [0.2, 0.25) is 0 Å². The Kier molecular flexibility index (Phi) is 3.88. The van der Waals surface area contributed by atoms with Crippen LogP contribution < -0.4 is 16.0 Å². The van der Waals surface area contributed by atoms with Gasteiger partial charge in [-0.05, 0) is 36.8 Å². The molecule has 128 valence electrons. The zero-order valence-electron chi connectivity index (χ0n) is 13.1. The minimum absolute atomic E-state index is 0.235. The molecule has 2 aromatic carbocycles. The van der Waals surface area contributed by atoms with Crippen LogP contribution in [0.5, 0.6) is 5.75 Å². The number of urea groups is 1. The van der Waals surface area contributed by atoms with Gasteiger partial charge in [0.15, 0.2) is 0 Å². The highest BCUT2D eigenvalue weighted by molar-refractivity contribution is 6.07. The van der Waals surface area contributed by atoms with Gasteiger partial charge in [0.05, 0.1) is 5.56 Å². The summed E-state index contributed by atoms with van der Waals surface area (Å²) in [6.07, 6.45) is 0. The molecule has 8 heteroatoms. The van der Waals surface area contributed by atoms with Crippen molar-refractivity contribution >= 4 is 23.5 Å². The summed E-state index contributed by atoms with van der Waals surface area (Å²) in [7, 11) is 0. The van der Waals surface area contributed by atoms with Gasteiger partial charge in [0, 0.05) is 11.8 Å². The number of aromatic hydroxyl groups is 1. The van der Waals surface area contributed by atoms with Gasteiger partial charge in [0.1, 0.15) is 17.1 Å². The van der Waals surface area contributed by atoms with Crippen molar-refractivity contribution in [1.82, 2.24) is 10.6 Å². The average molecular weight is 343 g/mol. The molecule has 1 unspecified atom stereocenters. The van der Waals surface area contributed by atoms with Crippen LogP contribution in [0.1, 0.15) is 22.8 Å². The fourth-order valence-electron chi connectivity index (χ4n) is 2.54. The number of halogens is 1. The molecule has 1 saturated heterocycles. The molecule has 0 bridgehead atoms. The van der Waals surface area contributed by atoms with Crippen molar-refractivity contribution in [3.05, 3.63) is 59.4 Å². The molecule has 2 aromatic rings. The smallest absolute Gasteiger partial charge is 0.322 e. The van der Waals surface area contributed by atoms with E-state index in [9.17, 15) is 23.9 Å². The predicted octanol–water partition coefficient (Wildman–Crippen LogP) is 1.84. The maximum atomic E-state index is 13.8. The summed E-state index contributed by atoms with van der Waals surface area (Å²) in [6, 6.07) is 8.91. The van der Waals surface area contributed by atoms with E-state index in [2.05, 4.69) is 16.0 Å². The number of phenolic OH excluding ortho intramolecular Hbond substituents is 1. The normalized spacial score (nSPS) is 19.3. The van der Waals surface area contributed by atoms with Crippen molar-refractivity contribution in [2.45, 2.75) is 12.5 Å². The van der Waals surface area contributed by atoms with Crippen LogP contribution in [0.25, 0.3) is 0 Å². The van der Waals surface area contributed by atoms with Crippen LogP contribution in [0.4, 0.5) is 14.9 Å². The summed E-state index contributed by atoms with van der Waals surface area (Å²) in [5, 5.41) is 16.4. The molecule has 25 heavy (non-hydrogen) atoms. The molecule has 1 aliphatic rings. The largest absolute Gasteiger partial charge is 0.508 e. The molecule has 1 fully saturated rings. The molecule has 1 heterocycles. The first-order chi connectivity index (χ1) is 11.8. The molecule has 0 radical (unpaired) electrons. The zero-order valence-corrected chi connectivity index (χ0v) is 13.1. The van der Waals surface area contributed by atoms with E-state index in [1.807, 2.05) is 0 Å². The number of rotatable bonds is 3. The third-order valence-electron chi connectivity index (χ3n) is 3.94. The Morgan fingerprint density at radius 1 is 1.20 bits per heavy atom. The van der Waals surface area contributed by atoms with Crippen molar-refractivity contribution in [2.24, 2.45) is 0 Å². The van der Waals surface area contributed by atoms with Crippen LogP contribution in [0.2, 0.25) is 0 Å². The molecule has 7 nitrogen and oxygen atoms in total. The van der Waals surface area contributed by atoms with E-state index in [0.717, 1.165) is 12.1 Å². The number of amides is 4. The number of anilines is 1. The molecule has 0 aromatic heterocycles. The minimum atomic E-state index is -1.26. The minimum Gasteiger partial charge on any atom is -0.508 e. The van der Waals surface area contributed by atoms with Crippen molar-refractivity contribution < 1.29 is 23.9 Å². The van der Waals surface area contributed by atoms with Crippen LogP contribution in [-0.2, 0) is 10.3 Å². The van der Waals surface area contributed by atoms with Crippen LogP contribution >= 0.6 is 0 Å². The molecule has 1 aliphatic heterocycles. The summed E-state index contributed by atoms with van der Waals surface area (Å²) < 4.78 is 13.8. The predicted molar refractivity (Wildman–Crippen MR) is 86.5 cm³/mol. The van der Waals surface area contributed by atoms with Crippen molar-refractivity contribution in [3.63, 3.8) is 0 Å². The van der Waals surface area contributed by atoms with Gasteiger partial charge in [-0.2, -0.15) is 0 Å². The fraction of sp³-hybridized carbons (Fsp3) is 0.118. The summed E-state index contributed by atoms with van der Waals surface area (Å²) in [5.41, 5.74) is -0.715. The van der Waals surface area contributed by atoms with E-state index in [4.69, 9.17) is 0 Å². The van der Waals surface area contributed by atoms with Gasteiger partial charge in [-0.15, -0.1) is 0 Å². The summed E-state index contributed by atoms with van der Waals surface area (Å²) in [4.78, 5) is 35.6. The summed E-state index contributed by atoms with van der Waals surface area (Å²) >= 11 is 0. The first kappa shape index (κ1) is 16.4. The summed E-state index contributed by atoms with van der Waals surface area (Å²) in [5.74, 6) is -2.36. The number of carbonyl (C=O) groups is 3. The van der Waals surface area contributed by atoms with Gasteiger partial charge < -0.3 is 15.7 Å². The quantitative estimate of drug-likeness (QED) is 0.638. The Balaban J connectivity index is 1.86. The van der Waals surface area contributed by atoms with E-state index in [1.54, 1.807) is 18.2 Å². The molecule has 0 aliphatic carbocycles. The molecular weight excluding hydrogens is 329 g/mol. The lowest BCUT2D eigenvalue weighted by Gasteiger charge is -2.21. The van der Waals surface area contributed by atoms with Crippen molar-refractivity contribution in [2.75, 3.05) is 5.32 Å². The molecule has 0 spiro atoms. The number of phenols is 1. The Labute approximate surface area is 141 Å². The lowest BCUT2D eigenvalue weighted by molar-refractivity contribution is -0.123. The summed E-state index contributed by atoms with van der Waals surface area (Å²) in [6.45, 7) is 1.54. The second-order valence-electron chi connectivity index (χ2n) is 5.73. The standard InChI is InChI=1S/C17H14FN3O4/c1-17(15(24)20-16(25)21-17)9-3-2-4-10(7-9)19-14(23)12-6-5-11(22)8-13(12)18/h2-8,22H,1H3,(H,19,23)(H2,20,21,24,25). The van der Waals surface area contributed by atoms with Gasteiger partial charge >= 0.3 is 6.03 Å². The highest BCUT2D eigenvalue weighted by atomic mass is 19.1. The molecule has 4 N–H and O–H groups in total. The number of hydrogen-bond acceptors (Lipinski definition) is 4. The molecule has 1 atom stereocenters. The van der Waals surface area contributed by atoms with E-state index in [0.29, 0.717) is 11.3 Å². The maximum absolute atomic E-state index is 13.8. The van der Waals surface area contributed by atoms with E-state index in [1.165, 1.54) is 19.1 Å². The number of imide groups is 1. The fourth-order valence-corrected chi connectivity index (χ4v) is 2.54. The molecular formula is C17H14FN3O4. The van der Waals surface area contributed by atoms with Crippen molar-refractivity contribution in [1.29, 1.82) is 0 Å². The third-order valence-corrected chi connectivity index (χ3v) is 3.94. The Morgan fingerprint density at radius 3 is 2.60 bits per heavy atom.